The highest BCUT2D eigenvalue weighted by atomic mass is 79.9. The normalized spacial score (nSPS) is 27.0. The molecule has 2 aliphatic heterocycles. The Kier molecular flexibility index (Phi) is 9.25. The van der Waals surface area contributed by atoms with Crippen molar-refractivity contribution in [3.05, 3.63) is 0 Å². The van der Waals surface area contributed by atoms with Crippen LogP contribution in [0.1, 0.15) is 39.0 Å². The molecule has 3 heteroatoms. The third kappa shape index (κ3) is 7.47. The molecule has 0 spiro atoms. The number of nitrogens with one attached hydrogen (secondary N) is 2. The first kappa shape index (κ1) is 13.4. The molecule has 1 atom stereocenters. The molecular formula is C10H23BrN2. The molecule has 2 heterocycles. The van der Waals surface area contributed by atoms with Crippen molar-refractivity contribution in [1.82, 2.24) is 10.6 Å². The minimum Gasteiger partial charge on any atom is -0.317 e. The highest BCUT2D eigenvalue weighted by Crippen LogP contribution is 2.01. The van der Waals surface area contributed by atoms with Gasteiger partial charge in [-0.15, -0.1) is 17.0 Å². The van der Waals surface area contributed by atoms with Gasteiger partial charge in [0.25, 0.3) is 0 Å². The van der Waals surface area contributed by atoms with Crippen molar-refractivity contribution in [3.8, 4) is 0 Å². The largest absolute Gasteiger partial charge is 0.317 e. The number of rotatable bonds is 0. The molecule has 2 rings (SSSR count). The summed E-state index contributed by atoms with van der Waals surface area (Å²) in [5.41, 5.74) is 0. The van der Waals surface area contributed by atoms with Crippen molar-refractivity contribution in [2.75, 3.05) is 19.6 Å². The first-order valence-electron chi connectivity index (χ1n) is 5.33. The molecule has 80 valence electrons. The predicted molar refractivity (Wildman–Crippen MR) is 63.7 cm³/mol. The van der Waals surface area contributed by atoms with Crippen LogP contribution in [0, 0.1) is 0 Å². The molecule has 2 nitrogen and oxygen atoms in total. The Balaban J connectivity index is 0.000000206. The maximum absolute atomic E-state index is 3.32. The molecule has 0 saturated carbocycles. The van der Waals surface area contributed by atoms with Crippen molar-refractivity contribution in [3.63, 3.8) is 0 Å². The topological polar surface area (TPSA) is 24.1 Å². The van der Waals surface area contributed by atoms with Crippen molar-refractivity contribution in [2.45, 2.75) is 45.1 Å². The fraction of sp³-hybridized carbons (Fsp3) is 1.00. The van der Waals surface area contributed by atoms with Gasteiger partial charge in [-0.25, -0.2) is 0 Å². The lowest BCUT2D eigenvalue weighted by Crippen LogP contribution is -2.21. The van der Waals surface area contributed by atoms with Crippen LogP contribution in [0.25, 0.3) is 0 Å². The zero-order valence-corrected chi connectivity index (χ0v) is 10.4. The van der Waals surface area contributed by atoms with E-state index in [1.165, 1.54) is 51.7 Å². The van der Waals surface area contributed by atoms with Crippen molar-refractivity contribution < 1.29 is 0 Å². The van der Waals surface area contributed by atoms with Gasteiger partial charge < -0.3 is 10.6 Å². The molecule has 0 radical (unpaired) electrons. The van der Waals surface area contributed by atoms with Gasteiger partial charge in [0.05, 0.1) is 0 Å². The molecular weight excluding hydrogens is 228 g/mol. The van der Waals surface area contributed by atoms with Crippen LogP contribution in [0.3, 0.4) is 0 Å². The summed E-state index contributed by atoms with van der Waals surface area (Å²) < 4.78 is 0. The van der Waals surface area contributed by atoms with Crippen molar-refractivity contribution in [2.24, 2.45) is 0 Å². The average molecular weight is 251 g/mol. The van der Waals surface area contributed by atoms with E-state index in [0.717, 1.165) is 6.04 Å². The van der Waals surface area contributed by atoms with E-state index >= 15 is 0 Å². The van der Waals surface area contributed by atoms with Gasteiger partial charge in [-0.1, -0.05) is 6.42 Å². The molecule has 13 heavy (non-hydrogen) atoms. The van der Waals surface area contributed by atoms with E-state index in [4.69, 9.17) is 0 Å². The summed E-state index contributed by atoms with van der Waals surface area (Å²) in [7, 11) is 0. The fourth-order valence-corrected chi connectivity index (χ4v) is 1.66. The monoisotopic (exact) mass is 250 g/mol. The molecule has 0 aromatic rings. The van der Waals surface area contributed by atoms with E-state index in [1.54, 1.807) is 0 Å². The number of piperidine rings is 1. The Hall–Kier alpha value is 0.400. The summed E-state index contributed by atoms with van der Waals surface area (Å²) in [6.45, 7) is 5.97. The third-order valence-electron chi connectivity index (χ3n) is 2.51. The van der Waals surface area contributed by atoms with Crippen LogP contribution < -0.4 is 10.6 Å². The van der Waals surface area contributed by atoms with Gasteiger partial charge in [-0.05, 0) is 52.2 Å². The Morgan fingerprint density at radius 3 is 1.77 bits per heavy atom. The molecule has 0 unspecified atom stereocenters. The minimum absolute atomic E-state index is 0. The van der Waals surface area contributed by atoms with Gasteiger partial charge in [-0.2, -0.15) is 0 Å². The van der Waals surface area contributed by atoms with E-state index < -0.39 is 0 Å². The summed E-state index contributed by atoms with van der Waals surface area (Å²) in [5, 5.41) is 6.60. The summed E-state index contributed by atoms with van der Waals surface area (Å²) in [4.78, 5) is 0. The molecule has 0 aliphatic carbocycles. The van der Waals surface area contributed by atoms with Crippen LogP contribution in [0.4, 0.5) is 0 Å². The second kappa shape index (κ2) is 8.97. The van der Waals surface area contributed by atoms with Gasteiger partial charge in [0.15, 0.2) is 0 Å². The van der Waals surface area contributed by atoms with E-state index in [2.05, 4.69) is 17.6 Å². The Morgan fingerprint density at radius 1 is 0.923 bits per heavy atom. The maximum Gasteiger partial charge on any atom is 0.00391 e. The van der Waals surface area contributed by atoms with Gasteiger partial charge in [0.2, 0.25) is 0 Å². The number of hydrogen-bond acceptors (Lipinski definition) is 2. The third-order valence-corrected chi connectivity index (χ3v) is 2.51. The highest BCUT2D eigenvalue weighted by Gasteiger charge is 2.05. The van der Waals surface area contributed by atoms with Crippen LogP contribution >= 0.6 is 17.0 Å². The van der Waals surface area contributed by atoms with E-state index in [1.807, 2.05) is 0 Å². The molecule has 2 N–H and O–H groups in total. The molecule has 0 amide bonds. The molecule has 0 bridgehead atoms. The lowest BCUT2D eigenvalue weighted by Gasteiger charge is -2.08. The van der Waals surface area contributed by atoms with Crippen molar-refractivity contribution in [1.29, 1.82) is 0 Å². The summed E-state index contributed by atoms with van der Waals surface area (Å²) in [6, 6.07) is 0.796. The van der Waals surface area contributed by atoms with Gasteiger partial charge in [0, 0.05) is 6.04 Å². The maximum atomic E-state index is 3.32. The van der Waals surface area contributed by atoms with E-state index in [9.17, 15) is 0 Å². The van der Waals surface area contributed by atoms with Crippen LogP contribution in [0.15, 0.2) is 0 Å². The fourth-order valence-electron chi connectivity index (χ4n) is 1.66. The summed E-state index contributed by atoms with van der Waals surface area (Å²) in [6.07, 6.45) is 6.97. The van der Waals surface area contributed by atoms with Crippen molar-refractivity contribution >= 4 is 17.0 Å². The summed E-state index contributed by atoms with van der Waals surface area (Å²) >= 11 is 0. The lowest BCUT2D eigenvalue weighted by molar-refractivity contribution is 0.520. The number of hydrogen-bond donors (Lipinski definition) is 2. The SMILES string of the molecule is Br.C1CCNCC1.C[C@H]1CCCN1. The van der Waals surface area contributed by atoms with Crippen LogP contribution in [0.5, 0.6) is 0 Å². The van der Waals surface area contributed by atoms with Crippen LogP contribution in [-0.4, -0.2) is 25.7 Å². The number of halogens is 1. The average Bonchev–Trinajstić information content (AvgIpc) is 2.60. The Morgan fingerprint density at radius 2 is 1.62 bits per heavy atom. The molecule has 2 saturated heterocycles. The van der Waals surface area contributed by atoms with Crippen LogP contribution in [-0.2, 0) is 0 Å². The van der Waals surface area contributed by atoms with Crippen LogP contribution in [0.2, 0.25) is 0 Å². The lowest BCUT2D eigenvalue weighted by atomic mass is 10.2. The van der Waals surface area contributed by atoms with E-state index in [0.29, 0.717) is 0 Å². The quantitative estimate of drug-likeness (QED) is 0.689. The van der Waals surface area contributed by atoms with Gasteiger partial charge >= 0.3 is 0 Å². The summed E-state index contributed by atoms with van der Waals surface area (Å²) in [5.74, 6) is 0. The Bertz CT molecular complexity index is 87.6. The highest BCUT2D eigenvalue weighted by molar-refractivity contribution is 8.93. The molecule has 2 fully saturated rings. The Labute approximate surface area is 92.6 Å². The van der Waals surface area contributed by atoms with E-state index in [-0.39, 0.29) is 17.0 Å². The standard InChI is InChI=1S/2C5H11N.BrH/c1-5-3-2-4-6-5;1-2-4-6-5-3-1;/h5-6H,2-4H2,1H3;6H,1-5H2;1H/t5-;;/m0../s1. The zero-order valence-electron chi connectivity index (χ0n) is 8.64. The van der Waals surface area contributed by atoms with Gasteiger partial charge in [-0.3, -0.25) is 0 Å². The molecule has 2 aliphatic rings. The first-order valence-corrected chi connectivity index (χ1v) is 5.33. The van der Waals surface area contributed by atoms with Gasteiger partial charge in [0.1, 0.15) is 0 Å². The molecule has 0 aromatic heterocycles. The smallest absolute Gasteiger partial charge is 0.00391 e. The predicted octanol–water partition coefficient (Wildman–Crippen LogP) is 2.10. The second-order valence-corrected chi connectivity index (χ2v) is 3.81. The molecule has 0 aromatic carbocycles. The minimum atomic E-state index is 0. The first-order chi connectivity index (χ1) is 5.89. The second-order valence-electron chi connectivity index (χ2n) is 3.81. The zero-order chi connectivity index (χ0) is 8.65.